The summed E-state index contributed by atoms with van der Waals surface area (Å²) >= 11 is 0. The van der Waals surface area contributed by atoms with Crippen molar-refractivity contribution in [3.63, 3.8) is 0 Å². The molecule has 1 rings (SSSR count). The van der Waals surface area contributed by atoms with Crippen LogP contribution in [0.3, 0.4) is 0 Å². The fourth-order valence-corrected chi connectivity index (χ4v) is 2.61. The summed E-state index contributed by atoms with van der Waals surface area (Å²) in [6, 6.07) is 8.76. The van der Waals surface area contributed by atoms with Crippen molar-refractivity contribution >= 4 is 11.1 Å². The second kappa shape index (κ2) is 9.27. The van der Waals surface area contributed by atoms with Crippen molar-refractivity contribution in [2.45, 2.75) is 47.5 Å². The monoisotopic (exact) mass is 320 g/mol. The van der Waals surface area contributed by atoms with Crippen LogP contribution in [0.1, 0.15) is 58.6 Å². The van der Waals surface area contributed by atoms with E-state index in [-0.39, 0.29) is 5.41 Å². The summed E-state index contributed by atoms with van der Waals surface area (Å²) in [5.41, 5.74) is 6.44. The average molecular weight is 321 g/mol. The molecule has 0 aliphatic heterocycles. The van der Waals surface area contributed by atoms with E-state index in [1.807, 2.05) is 19.1 Å². The Kier molecular flexibility index (Phi) is 7.71. The Hall–Kier alpha value is -2.08. The Labute approximate surface area is 149 Å². The molecular formula is C24H32. The molecule has 0 aromatic heterocycles. The molecule has 0 N–H and O–H groups in total. The van der Waals surface area contributed by atoms with Crippen LogP contribution in [0, 0.1) is 5.41 Å². The van der Waals surface area contributed by atoms with Crippen LogP contribution in [0.4, 0.5) is 0 Å². The molecule has 0 nitrogen and oxygen atoms in total. The highest BCUT2D eigenvalue weighted by molar-refractivity contribution is 5.69. The van der Waals surface area contributed by atoms with Crippen molar-refractivity contribution in [1.29, 1.82) is 0 Å². The van der Waals surface area contributed by atoms with E-state index in [2.05, 4.69) is 83.3 Å². The standard InChI is InChI=1S/C24H32/c1-8-10-11-21(9-2)13-12-19(3)22-14-16-23(17-15-22)20(4)18-24(5,6)7/h8-11,14-18H,2-3,12-13H2,1,4-7H3/b10-8-,20-18+,21-11+. The van der Waals surface area contributed by atoms with Gasteiger partial charge in [0.15, 0.2) is 0 Å². The molecule has 0 heteroatoms. The molecule has 0 saturated carbocycles. The molecule has 1 aromatic carbocycles. The van der Waals surface area contributed by atoms with Gasteiger partial charge in [-0.05, 0) is 60.0 Å². The van der Waals surface area contributed by atoms with Gasteiger partial charge in [-0.15, -0.1) is 0 Å². The first-order valence-corrected chi connectivity index (χ1v) is 8.69. The summed E-state index contributed by atoms with van der Waals surface area (Å²) in [6.07, 6.45) is 12.4. The van der Waals surface area contributed by atoms with Crippen LogP contribution in [0.25, 0.3) is 11.1 Å². The van der Waals surface area contributed by atoms with Gasteiger partial charge < -0.3 is 0 Å². The summed E-state index contributed by atoms with van der Waals surface area (Å²) in [5, 5.41) is 0. The van der Waals surface area contributed by atoms with E-state index in [0.29, 0.717) is 0 Å². The van der Waals surface area contributed by atoms with Crippen LogP contribution in [0.2, 0.25) is 0 Å². The molecular weight excluding hydrogens is 288 g/mol. The van der Waals surface area contributed by atoms with Gasteiger partial charge in [-0.2, -0.15) is 0 Å². The topological polar surface area (TPSA) is 0 Å². The Morgan fingerprint density at radius 1 is 1.04 bits per heavy atom. The Morgan fingerprint density at radius 3 is 2.12 bits per heavy atom. The quantitative estimate of drug-likeness (QED) is 0.453. The van der Waals surface area contributed by atoms with E-state index in [0.717, 1.165) is 12.8 Å². The third kappa shape index (κ3) is 7.00. The van der Waals surface area contributed by atoms with E-state index in [1.165, 1.54) is 27.8 Å². The van der Waals surface area contributed by atoms with Gasteiger partial charge in [-0.3, -0.25) is 0 Å². The normalized spacial score (nSPS) is 13.4. The molecule has 128 valence electrons. The molecule has 1 aromatic rings. The third-order valence-electron chi connectivity index (χ3n) is 3.88. The largest absolute Gasteiger partial charge is 0.0988 e. The van der Waals surface area contributed by atoms with Crippen molar-refractivity contribution in [2.24, 2.45) is 5.41 Å². The van der Waals surface area contributed by atoms with Crippen LogP contribution in [-0.4, -0.2) is 0 Å². The first-order valence-electron chi connectivity index (χ1n) is 8.69. The van der Waals surface area contributed by atoms with Gasteiger partial charge >= 0.3 is 0 Å². The molecule has 0 aliphatic rings. The highest BCUT2D eigenvalue weighted by atomic mass is 14.1. The maximum Gasteiger partial charge on any atom is -0.0197 e. The number of hydrogen-bond acceptors (Lipinski definition) is 0. The van der Waals surface area contributed by atoms with Crippen molar-refractivity contribution in [3.8, 4) is 0 Å². The molecule has 0 radical (unpaired) electrons. The van der Waals surface area contributed by atoms with Crippen LogP contribution in [0.5, 0.6) is 0 Å². The number of benzene rings is 1. The molecule has 0 saturated heterocycles. The molecule has 0 amide bonds. The van der Waals surface area contributed by atoms with Gasteiger partial charge in [0.25, 0.3) is 0 Å². The zero-order chi connectivity index (χ0) is 18.2. The minimum absolute atomic E-state index is 0.201. The van der Waals surface area contributed by atoms with Crippen molar-refractivity contribution in [2.75, 3.05) is 0 Å². The minimum atomic E-state index is 0.201. The summed E-state index contributed by atoms with van der Waals surface area (Å²) in [4.78, 5) is 0. The predicted octanol–water partition coefficient (Wildman–Crippen LogP) is 7.62. The van der Waals surface area contributed by atoms with Gasteiger partial charge in [-0.25, -0.2) is 0 Å². The number of rotatable bonds is 7. The highest BCUT2D eigenvalue weighted by Crippen LogP contribution is 2.26. The predicted molar refractivity (Wildman–Crippen MR) is 111 cm³/mol. The first kappa shape index (κ1) is 20.0. The molecule has 0 aliphatic carbocycles. The SMILES string of the molecule is C=C/C(=C\C=C/C)CCC(=C)c1ccc(/C(C)=C/C(C)(C)C)cc1. The third-order valence-corrected chi connectivity index (χ3v) is 3.88. The van der Waals surface area contributed by atoms with Crippen LogP contribution < -0.4 is 0 Å². The summed E-state index contributed by atoms with van der Waals surface area (Å²) in [7, 11) is 0. The second-order valence-corrected chi connectivity index (χ2v) is 7.35. The lowest BCUT2D eigenvalue weighted by atomic mass is 9.91. The lowest BCUT2D eigenvalue weighted by Gasteiger charge is -2.15. The van der Waals surface area contributed by atoms with Crippen LogP contribution in [-0.2, 0) is 0 Å². The highest BCUT2D eigenvalue weighted by Gasteiger charge is 2.08. The molecule has 0 spiro atoms. The maximum absolute atomic E-state index is 4.25. The molecule has 0 fully saturated rings. The van der Waals surface area contributed by atoms with Gasteiger partial charge in [-0.1, -0.05) is 88.6 Å². The smallest absolute Gasteiger partial charge is 0.0197 e. The molecule has 0 unspecified atom stereocenters. The molecule has 0 bridgehead atoms. The summed E-state index contributed by atoms with van der Waals surface area (Å²) < 4.78 is 0. The fraction of sp³-hybridized carbons (Fsp3) is 0.333. The van der Waals surface area contributed by atoms with Crippen molar-refractivity contribution in [3.05, 3.63) is 84.5 Å². The molecule has 0 heterocycles. The van der Waals surface area contributed by atoms with E-state index in [1.54, 1.807) is 0 Å². The number of hydrogen-bond donors (Lipinski definition) is 0. The van der Waals surface area contributed by atoms with Crippen molar-refractivity contribution in [1.82, 2.24) is 0 Å². The van der Waals surface area contributed by atoms with Gasteiger partial charge in [0.1, 0.15) is 0 Å². The van der Waals surface area contributed by atoms with E-state index < -0.39 is 0 Å². The summed E-state index contributed by atoms with van der Waals surface area (Å²) in [5.74, 6) is 0. The minimum Gasteiger partial charge on any atom is -0.0988 e. The van der Waals surface area contributed by atoms with Gasteiger partial charge in [0.2, 0.25) is 0 Å². The summed E-state index contributed by atoms with van der Waals surface area (Å²) in [6.45, 7) is 19.0. The second-order valence-electron chi connectivity index (χ2n) is 7.35. The lowest BCUT2D eigenvalue weighted by Crippen LogP contribution is -2.00. The van der Waals surface area contributed by atoms with Crippen LogP contribution in [0.15, 0.2) is 73.4 Å². The Bertz CT molecular complexity index is 640. The lowest BCUT2D eigenvalue weighted by molar-refractivity contribution is 0.545. The van der Waals surface area contributed by atoms with E-state index in [4.69, 9.17) is 0 Å². The fourth-order valence-electron chi connectivity index (χ4n) is 2.61. The van der Waals surface area contributed by atoms with E-state index in [9.17, 15) is 0 Å². The zero-order valence-corrected chi connectivity index (χ0v) is 16.0. The molecule has 24 heavy (non-hydrogen) atoms. The van der Waals surface area contributed by atoms with Gasteiger partial charge in [0.05, 0.1) is 0 Å². The number of allylic oxidation sites excluding steroid dienone is 8. The first-order chi connectivity index (χ1) is 11.3. The van der Waals surface area contributed by atoms with Crippen molar-refractivity contribution < 1.29 is 0 Å². The van der Waals surface area contributed by atoms with E-state index >= 15 is 0 Å². The average Bonchev–Trinajstić information content (AvgIpc) is 2.53. The Balaban J connectivity index is 2.77. The molecule has 0 atom stereocenters. The van der Waals surface area contributed by atoms with Gasteiger partial charge in [0, 0.05) is 0 Å². The zero-order valence-electron chi connectivity index (χ0n) is 16.0. The van der Waals surface area contributed by atoms with Crippen LogP contribution >= 0.6 is 0 Å². The maximum atomic E-state index is 4.25. The Morgan fingerprint density at radius 2 is 1.62 bits per heavy atom.